The first-order valence-electron chi connectivity index (χ1n) is 38.8. The van der Waals surface area contributed by atoms with Crippen LogP contribution in [0.25, 0.3) is 0 Å². The minimum Gasteiger partial charge on any atom is -0.478 e. The molecule has 4 fully saturated rings. The predicted molar refractivity (Wildman–Crippen MR) is 517 cm³/mol. The first kappa shape index (κ1) is 130. The van der Waals surface area contributed by atoms with Gasteiger partial charge in [-0.2, -0.15) is 0 Å². The summed E-state index contributed by atoms with van der Waals surface area (Å²) in [6.07, 6.45) is 20.3. The van der Waals surface area contributed by atoms with E-state index in [0.717, 1.165) is 75.6 Å². The van der Waals surface area contributed by atoms with E-state index in [1.807, 2.05) is 318 Å². The molecule has 0 saturated carbocycles. The van der Waals surface area contributed by atoms with E-state index in [1.165, 1.54) is 28.4 Å². The van der Waals surface area contributed by atoms with Gasteiger partial charge in [-0.15, -0.1) is 11.8 Å². The molecule has 30 heteroatoms. The molecule has 0 bridgehead atoms. The summed E-state index contributed by atoms with van der Waals surface area (Å²) in [4.78, 5) is 31.0. The van der Waals surface area contributed by atoms with Crippen molar-refractivity contribution in [3.63, 3.8) is 0 Å². The number of thioether (sulfide) groups is 3. The van der Waals surface area contributed by atoms with Gasteiger partial charge in [-0.1, -0.05) is 246 Å². The summed E-state index contributed by atoms with van der Waals surface area (Å²) in [7, 11) is 15.0. The van der Waals surface area contributed by atoms with Gasteiger partial charge >= 0.3 is 0 Å². The number of aliphatic imine (C=N–C) groups is 1. The Hall–Kier alpha value is -7.35. The lowest BCUT2D eigenvalue weighted by atomic mass is 10.3. The number of amidine groups is 1. The highest BCUT2D eigenvalue weighted by Crippen LogP contribution is 2.26. The molecule has 12 heterocycles. The van der Waals surface area contributed by atoms with E-state index in [2.05, 4.69) is 101 Å². The number of likely N-dealkylation sites (N-methyl/N-ethyl adjacent to an activating group) is 3. The van der Waals surface area contributed by atoms with E-state index in [0.29, 0.717) is 23.3 Å². The number of nitrogens with zero attached hydrogens (tertiary/aromatic N) is 14. The van der Waals surface area contributed by atoms with Crippen LogP contribution in [0.5, 0.6) is 0 Å². The second kappa shape index (κ2) is 83.6. The number of allylic oxidation sites excluding steroid dienone is 3. The molecule has 12 rings (SSSR count). The van der Waals surface area contributed by atoms with Crippen LogP contribution in [0.2, 0.25) is 0 Å². The molecule has 0 radical (unpaired) electrons. The molecule has 0 aliphatic carbocycles. The molecular weight excluding hydrogens is 1570 g/mol. The molecule has 4 saturated heterocycles. The minimum atomic E-state index is -3.12. The number of sulfone groups is 2. The Balaban J connectivity index is -0.000000110. The van der Waals surface area contributed by atoms with Crippen LogP contribution in [0.1, 0.15) is 159 Å². The molecule has 0 spiro atoms. The monoisotopic (exact) mass is 1740 g/mol. The zero-order chi connectivity index (χ0) is 92.2. The van der Waals surface area contributed by atoms with Gasteiger partial charge in [0.2, 0.25) is 15.7 Å². The smallest absolute Gasteiger partial charge is 0.223 e. The van der Waals surface area contributed by atoms with Crippen molar-refractivity contribution in [2.75, 3.05) is 141 Å². The Labute approximate surface area is 719 Å². The lowest BCUT2D eigenvalue weighted by Crippen LogP contribution is -2.16. The van der Waals surface area contributed by atoms with E-state index >= 15 is 0 Å². The average Bonchev–Trinajstić information content (AvgIpc) is 1.70. The molecule has 114 heavy (non-hydrogen) atoms. The van der Waals surface area contributed by atoms with Crippen molar-refractivity contribution in [2.45, 2.75) is 159 Å². The lowest BCUT2D eigenvalue weighted by molar-refractivity contribution is 0.209. The van der Waals surface area contributed by atoms with E-state index in [9.17, 15) is 25.3 Å². The molecule has 2 atom stereocenters. The molecule has 12 aliphatic heterocycles. The number of oxime groups is 1. The van der Waals surface area contributed by atoms with E-state index in [1.54, 1.807) is 81.4 Å². The maximum Gasteiger partial charge on any atom is 0.223 e. The lowest BCUT2D eigenvalue weighted by Gasteiger charge is -2.15. The van der Waals surface area contributed by atoms with E-state index in [4.69, 9.17) is 14.3 Å². The largest absolute Gasteiger partial charge is 0.478 e. The maximum atomic E-state index is 10.8. The Morgan fingerprint density at radius 1 is 0.465 bits per heavy atom. The van der Waals surface area contributed by atoms with Gasteiger partial charge in [0.25, 0.3) is 0 Å². The Morgan fingerprint density at radius 3 is 1.07 bits per heavy atom. The number of hydrogen-bond donors (Lipinski definition) is 0. The summed E-state index contributed by atoms with van der Waals surface area (Å²) in [5.41, 5.74) is 2.10. The molecule has 0 aromatic heterocycles. The first-order chi connectivity index (χ1) is 53.9. The zero-order valence-corrected chi connectivity index (χ0v) is 83.5. The van der Waals surface area contributed by atoms with Gasteiger partial charge in [-0.25, -0.2) is 21.0 Å². The highest BCUT2D eigenvalue weighted by atomic mass is 32.2. The van der Waals surface area contributed by atoms with Crippen molar-refractivity contribution in [3.8, 4) is 0 Å². The van der Waals surface area contributed by atoms with E-state index in [-0.39, 0.29) is 15.8 Å². The van der Waals surface area contributed by atoms with Gasteiger partial charge in [0.15, 0.2) is 21.6 Å². The first-order valence-corrected chi connectivity index (χ1v) is 47.2. The third-order valence-electron chi connectivity index (χ3n) is 13.2. The topological polar surface area (TPSA) is 194 Å². The van der Waals surface area contributed by atoms with Crippen LogP contribution in [0, 0.1) is 0 Å². The Bertz CT molecular complexity index is 3130. The van der Waals surface area contributed by atoms with Crippen molar-refractivity contribution in [2.24, 2.45) is 10.1 Å². The quantitative estimate of drug-likeness (QED) is 0.222. The number of ether oxygens (including phenoxy) is 2. The predicted octanol–water partition coefficient (Wildman–Crippen LogP) is 20.6. The van der Waals surface area contributed by atoms with Crippen LogP contribution in [0.4, 0.5) is 0 Å². The molecule has 0 aromatic rings. The summed E-state index contributed by atoms with van der Waals surface area (Å²) >= 11 is 5.15. The van der Waals surface area contributed by atoms with Crippen LogP contribution in [0.15, 0.2) is 237 Å². The molecule has 0 N–H and O–H groups in total. The Kier molecular flexibility index (Phi) is 95.4. The highest BCUT2D eigenvalue weighted by molar-refractivity contribution is 8.06. The fourth-order valence-corrected chi connectivity index (χ4v) is 12.3. The molecule has 0 aromatic carbocycles. The molecular formula is C84H162N14O9S7. The molecule has 23 nitrogen and oxygen atoms in total. The summed E-state index contributed by atoms with van der Waals surface area (Å²) < 4.78 is 74.4. The Morgan fingerprint density at radius 2 is 0.956 bits per heavy atom. The third-order valence-corrected chi connectivity index (χ3v) is 21.6. The standard InChI is InChI=1S/C7H9N.C5H8N2O.C5H8N2.C5H9NO2S.C5H7NO2S.C5H9NOS.C5H7NOS.C5H9NO.C5H7NO.C5H9NS.2C5H7NS.11C2H6/c1-7-5-3-4-6-8(7)2;1-4-6-8-5(2)7(4)3;1-5-3-6-4-7(5)2;2*1-5-6(2)3-4-9(5,7)8;2*1-5-6(2)3-4-8(5)7;5*1-5-6(2)3-4-7-5;11*1-2/h3-6H,1H2,2H3;2H2,1,3H3;4H,1,3H2,2H3;1,3-4H2,2H3;3-4H,1H2,2H3;1,3-4H2,2H3;3-4H,1H2,2H3;1,3-4H2,2H3;3-4H,1H2,2H3;1,3-4H2,2H3;2*3-4H,1H2,2H3;11*1-2H3. The highest BCUT2D eigenvalue weighted by Gasteiger charge is 2.27. The molecule has 0 amide bonds. The zero-order valence-electron chi connectivity index (χ0n) is 77.8. The molecule has 12 aliphatic rings. The van der Waals surface area contributed by atoms with Crippen molar-refractivity contribution in [3.05, 3.63) is 227 Å². The molecule has 2 unspecified atom stereocenters. The summed E-state index contributed by atoms with van der Waals surface area (Å²) in [5.74, 6) is 5.10. The summed E-state index contributed by atoms with van der Waals surface area (Å²) in [6, 6.07) is 0. The summed E-state index contributed by atoms with van der Waals surface area (Å²) in [5, 5.41) is 15.6. The number of hydrogen-bond acceptors (Lipinski definition) is 26. The van der Waals surface area contributed by atoms with Crippen LogP contribution in [0.3, 0.4) is 0 Å². The van der Waals surface area contributed by atoms with Crippen molar-refractivity contribution in [1.29, 1.82) is 0 Å². The van der Waals surface area contributed by atoms with Gasteiger partial charge in [-0.05, 0) is 49.6 Å². The van der Waals surface area contributed by atoms with Crippen LogP contribution in [-0.2, 0) is 55.6 Å². The van der Waals surface area contributed by atoms with Gasteiger partial charge in [0, 0.05) is 170 Å². The fraction of sp³-hybridized carbons (Fsp3) is 0.524. The van der Waals surface area contributed by atoms with Gasteiger partial charge in [0.05, 0.1) is 72.3 Å². The SMILES string of the molecule is C=C1C=CC=CN1C.C=C1CN=CN1C.C=C1N(C)C=CS1(=O)=O.C=C1N(C)C=CS1=O.C=C1N(C)CCS1(=O)=O.C=C1N(C)CCS1=O.C=C1OC=CN1C.C=C1OCCN1C.C=C1ON=C(C)N1C.C=C1SC=CN1C.C=C1SC=CN1C.C=C1SCCN1C.CC.CC.CC.CC.CC.CC.CC.CC.CC.CC.CC. The van der Waals surface area contributed by atoms with Crippen LogP contribution in [-0.4, -0.2) is 237 Å². The van der Waals surface area contributed by atoms with Gasteiger partial charge in [0.1, 0.15) is 33.8 Å². The minimum absolute atomic E-state index is 0.141. The van der Waals surface area contributed by atoms with Crippen LogP contribution >= 0.6 is 35.3 Å². The molecule has 664 valence electrons. The normalized spacial score (nSPS) is 18.0. The number of rotatable bonds is 0. The second-order valence-corrected chi connectivity index (χ2v) is 30.1. The second-order valence-electron chi connectivity index (χ2n) is 20.1. The van der Waals surface area contributed by atoms with Gasteiger partial charge in [-0.3, -0.25) is 14.1 Å². The third kappa shape index (κ3) is 62.0. The maximum absolute atomic E-state index is 10.8. The van der Waals surface area contributed by atoms with Gasteiger partial charge < -0.3 is 68.2 Å². The van der Waals surface area contributed by atoms with Crippen molar-refractivity contribution in [1.82, 2.24) is 58.8 Å². The fourth-order valence-electron chi connectivity index (χ4n) is 5.97. The van der Waals surface area contributed by atoms with Crippen molar-refractivity contribution < 1.29 is 39.6 Å². The van der Waals surface area contributed by atoms with Crippen LogP contribution < -0.4 is 0 Å². The van der Waals surface area contributed by atoms with E-state index < -0.39 is 41.3 Å². The summed E-state index contributed by atoms with van der Waals surface area (Å²) in [6.45, 7) is 94.7. The van der Waals surface area contributed by atoms with Crippen molar-refractivity contribution >= 4 is 88.7 Å². The average molecular weight is 1740 g/mol.